The lowest BCUT2D eigenvalue weighted by molar-refractivity contribution is -0.130. The fourth-order valence-corrected chi connectivity index (χ4v) is 2.98. The Morgan fingerprint density at radius 1 is 1.17 bits per heavy atom. The Labute approximate surface area is 140 Å². The van der Waals surface area contributed by atoms with Crippen LogP contribution in [0.1, 0.15) is 18.4 Å². The largest absolute Gasteiger partial charge is 0.508 e. The molecule has 0 heterocycles. The number of phenols is 1. The summed E-state index contributed by atoms with van der Waals surface area (Å²) >= 11 is 1.61. The lowest BCUT2D eigenvalue weighted by Gasteiger charge is -2.17. The van der Waals surface area contributed by atoms with Crippen molar-refractivity contribution in [1.29, 1.82) is 0 Å². The first-order valence-corrected chi connectivity index (χ1v) is 8.44. The minimum absolute atomic E-state index is 0.0490. The van der Waals surface area contributed by atoms with Gasteiger partial charge in [0.15, 0.2) is 0 Å². The van der Waals surface area contributed by atoms with Gasteiger partial charge in [-0.05, 0) is 42.5 Å². The number of aromatic hydroxyl groups is 1. The molecule has 2 aromatic rings. The van der Waals surface area contributed by atoms with Crippen LogP contribution in [0, 0.1) is 5.82 Å². The summed E-state index contributed by atoms with van der Waals surface area (Å²) in [4.78, 5) is 14.7. The molecule has 0 radical (unpaired) electrons. The molecule has 1 N–H and O–H groups in total. The van der Waals surface area contributed by atoms with Crippen LogP contribution in [0.5, 0.6) is 5.75 Å². The van der Waals surface area contributed by atoms with Gasteiger partial charge in [0, 0.05) is 30.5 Å². The molecule has 1 amide bonds. The average Bonchev–Trinajstić information content (AvgIpc) is 2.55. The molecule has 5 heteroatoms. The van der Waals surface area contributed by atoms with E-state index in [2.05, 4.69) is 0 Å². The average molecular weight is 333 g/mol. The van der Waals surface area contributed by atoms with Crippen LogP contribution in [0.3, 0.4) is 0 Å². The Hall–Kier alpha value is -2.01. The third-order valence-electron chi connectivity index (χ3n) is 3.44. The second-order valence-corrected chi connectivity index (χ2v) is 6.45. The van der Waals surface area contributed by atoms with E-state index >= 15 is 0 Å². The topological polar surface area (TPSA) is 40.5 Å². The molecule has 0 saturated heterocycles. The molecule has 0 fully saturated rings. The van der Waals surface area contributed by atoms with Gasteiger partial charge in [-0.3, -0.25) is 4.79 Å². The zero-order chi connectivity index (χ0) is 16.7. The molecule has 0 aromatic heterocycles. The molecule has 122 valence electrons. The van der Waals surface area contributed by atoms with Gasteiger partial charge in [-0.1, -0.05) is 18.2 Å². The van der Waals surface area contributed by atoms with Crippen molar-refractivity contribution in [3.63, 3.8) is 0 Å². The van der Waals surface area contributed by atoms with Gasteiger partial charge in [0.25, 0.3) is 0 Å². The van der Waals surface area contributed by atoms with E-state index < -0.39 is 0 Å². The third-order valence-corrected chi connectivity index (χ3v) is 4.54. The molecule has 2 rings (SSSR count). The summed E-state index contributed by atoms with van der Waals surface area (Å²) in [6, 6.07) is 13.4. The van der Waals surface area contributed by atoms with Gasteiger partial charge in [0.2, 0.25) is 5.91 Å². The van der Waals surface area contributed by atoms with E-state index in [1.807, 2.05) is 12.1 Å². The molecule has 23 heavy (non-hydrogen) atoms. The highest BCUT2D eigenvalue weighted by atomic mass is 32.2. The molecule has 0 aliphatic rings. The zero-order valence-corrected chi connectivity index (χ0v) is 13.9. The first-order valence-electron chi connectivity index (χ1n) is 7.45. The SMILES string of the molecule is CN(Cc1ccccc1O)C(=O)CCCSc1ccc(F)cc1. The number of para-hydroxylation sites is 1. The third kappa shape index (κ3) is 5.60. The summed E-state index contributed by atoms with van der Waals surface area (Å²) in [5.74, 6) is 0.823. The molecule has 0 spiro atoms. The molecule has 0 aliphatic carbocycles. The van der Waals surface area contributed by atoms with Crippen molar-refractivity contribution in [3.05, 3.63) is 59.9 Å². The Balaban J connectivity index is 1.72. The highest BCUT2D eigenvalue weighted by Crippen LogP contribution is 2.20. The Morgan fingerprint density at radius 3 is 2.57 bits per heavy atom. The van der Waals surface area contributed by atoms with Crippen LogP contribution in [-0.4, -0.2) is 28.7 Å². The highest BCUT2D eigenvalue weighted by molar-refractivity contribution is 7.99. The lowest BCUT2D eigenvalue weighted by atomic mass is 10.2. The van der Waals surface area contributed by atoms with Crippen LogP contribution in [-0.2, 0) is 11.3 Å². The van der Waals surface area contributed by atoms with Crippen molar-refractivity contribution in [1.82, 2.24) is 4.90 Å². The van der Waals surface area contributed by atoms with Crippen LogP contribution in [0.15, 0.2) is 53.4 Å². The predicted octanol–water partition coefficient (Wildman–Crippen LogP) is 4.06. The van der Waals surface area contributed by atoms with E-state index in [9.17, 15) is 14.3 Å². The Morgan fingerprint density at radius 2 is 1.87 bits per heavy atom. The summed E-state index contributed by atoms with van der Waals surface area (Å²) < 4.78 is 12.8. The summed E-state index contributed by atoms with van der Waals surface area (Å²) in [5.41, 5.74) is 0.740. The van der Waals surface area contributed by atoms with Crippen molar-refractivity contribution in [2.24, 2.45) is 0 Å². The minimum atomic E-state index is -0.240. The van der Waals surface area contributed by atoms with Gasteiger partial charge < -0.3 is 10.0 Å². The van der Waals surface area contributed by atoms with E-state index in [0.29, 0.717) is 13.0 Å². The van der Waals surface area contributed by atoms with Gasteiger partial charge in [-0.15, -0.1) is 11.8 Å². The number of hydrogen-bond donors (Lipinski definition) is 1. The standard InChI is InChI=1S/C18H20FNO2S/c1-20(13-14-5-2-3-6-17(14)21)18(22)7-4-12-23-16-10-8-15(19)9-11-16/h2-3,5-6,8-11,21H,4,7,12-13H2,1H3. The van der Waals surface area contributed by atoms with Crippen molar-refractivity contribution >= 4 is 17.7 Å². The molecule has 3 nitrogen and oxygen atoms in total. The van der Waals surface area contributed by atoms with E-state index in [1.165, 1.54) is 12.1 Å². The summed E-state index contributed by atoms with van der Waals surface area (Å²) in [7, 11) is 1.74. The normalized spacial score (nSPS) is 10.5. The molecular weight excluding hydrogens is 313 g/mol. The minimum Gasteiger partial charge on any atom is -0.508 e. The maximum Gasteiger partial charge on any atom is 0.222 e. The predicted molar refractivity (Wildman–Crippen MR) is 90.9 cm³/mol. The summed E-state index contributed by atoms with van der Waals surface area (Å²) in [6.45, 7) is 0.399. The van der Waals surface area contributed by atoms with E-state index in [4.69, 9.17) is 0 Å². The Bertz CT molecular complexity index is 646. The van der Waals surface area contributed by atoms with Crippen LogP contribution in [0.4, 0.5) is 4.39 Å². The van der Waals surface area contributed by atoms with Gasteiger partial charge in [-0.2, -0.15) is 0 Å². The fraction of sp³-hybridized carbons (Fsp3) is 0.278. The van der Waals surface area contributed by atoms with Gasteiger partial charge >= 0.3 is 0 Å². The fourth-order valence-electron chi connectivity index (χ4n) is 2.12. The van der Waals surface area contributed by atoms with Crippen molar-refractivity contribution < 1.29 is 14.3 Å². The second kappa shape index (κ2) is 8.58. The number of nitrogens with zero attached hydrogens (tertiary/aromatic N) is 1. The molecule has 0 atom stereocenters. The maximum atomic E-state index is 12.8. The molecule has 0 bridgehead atoms. The van der Waals surface area contributed by atoms with Crippen molar-refractivity contribution in [2.45, 2.75) is 24.3 Å². The quantitative estimate of drug-likeness (QED) is 0.613. The second-order valence-electron chi connectivity index (χ2n) is 5.28. The molecule has 0 aliphatic heterocycles. The number of carbonyl (C=O) groups is 1. The summed E-state index contributed by atoms with van der Waals surface area (Å²) in [5, 5.41) is 9.73. The first-order chi connectivity index (χ1) is 11.1. The number of benzene rings is 2. The number of rotatable bonds is 7. The van der Waals surface area contributed by atoms with Crippen LogP contribution >= 0.6 is 11.8 Å². The number of hydrogen-bond acceptors (Lipinski definition) is 3. The highest BCUT2D eigenvalue weighted by Gasteiger charge is 2.11. The van der Waals surface area contributed by atoms with Gasteiger partial charge in [-0.25, -0.2) is 4.39 Å². The van der Waals surface area contributed by atoms with Crippen molar-refractivity contribution in [2.75, 3.05) is 12.8 Å². The van der Waals surface area contributed by atoms with Crippen molar-refractivity contribution in [3.8, 4) is 5.75 Å². The van der Waals surface area contributed by atoms with E-state index in [-0.39, 0.29) is 17.5 Å². The van der Waals surface area contributed by atoms with Gasteiger partial charge in [0.05, 0.1) is 0 Å². The smallest absolute Gasteiger partial charge is 0.222 e. The number of phenolic OH excluding ortho intramolecular Hbond substituents is 1. The number of carbonyl (C=O) groups excluding carboxylic acids is 1. The van der Waals surface area contributed by atoms with Gasteiger partial charge in [0.1, 0.15) is 11.6 Å². The van der Waals surface area contributed by atoms with Crippen LogP contribution in [0.2, 0.25) is 0 Å². The lowest BCUT2D eigenvalue weighted by Crippen LogP contribution is -2.26. The molecular formula is C18H20FNO2S. The maximum absolute atomic E-state index is 12.8. The zero-order valence-electron chi connectivity index (χ0n) is 13.0. The van der Waals surface area contributed by atoms with Crippen LogP contribution < -0.4 is 0 Å². The van der Waals surface area contributed by atoms with E-state index in [1.54, 1.807) is 48.0 Å². The molecule has 0 unspecified atom stereocenters. The summed E-state index contributed by atoms with van der Waals surface area (Å²) in [6.07, 6.45) is 1.21. The monoisotopic (exact) mass is 333 g/mol. The molecule has 0 saturated carbocycles. The number of halogens is 1. The number of thioether (sulfide) groups is 1. The Kier molecular flexibility index (Phi) is 6.47. The number of amides is 1. The first kappa shape index (κ1) is 17.3. The van der Waals surface area contributed by atoms with E-state index in [0.717, 1.165) is 22.6 Å². The van der Waals surface area contributed by atoms with Crippen LogP contribution in [0.25, 0.3) is 0 Å². The molecule has 2 aromatic carbocycles.